The summed E-state index contributed by atoms with van der Waals surface area (Å²) in [4.78, 5) is 24.4. The van der Waals surface area contributed by atoms with Gasteiger partial charge in [0.25, 0.3) is 11.8 Å². The Morgan fingerprint density at radius 3 is 2.73 bits per heavy atom. The van der Waals surface area contributed by atoms with Crippen LogP contribution in [0.5, 0.6) is 0 Å². The van der Waals surface area contributed by atoms with Crippen LogP contribution in [-0.4, -0.2) is 41.8 Å². The summed E-state index contributed by atoms with van der Waals surface area (Å²) in [5.74, 6) is -0.534. The lowest BCUT2D eigenvalue weighted by Crippen LogP contribution is -2.26. The van der Waals surface area contributed by atoms with Crippen LogP contribution in [0, 0.1) is 0 Å². The average Bonchev–Trinajstić information content (AvgIpc) is 3.05. The summed E-state index contributed by atoms with van der Waals surface area (Å²) in [6.07, 6.45) is 0.274. The SMILES string of the molecule is COC(C)C(=O)Nc1cccc(NC(=O)c2n[nH]c3c2CNCC3)c1.Cl. The predicted octanol–water partition coefficient (Wildman–Crippen LogP) is 1.70. The number of hydrogen-bond acceptors (Lipinski definition) is 5. The molecule has 1 atom stereocenters. The number of hydrogen-bond donors (Lipinski definition) is 4. The van der Waals surface area contributed by atoms with Crippen molar-refractivity contribution in [1.29, 1.82) is 0 Å². The van der Waals surface area contributed by atoms with Gasteiger partial charge in [-0.05, 0) is 25.1 Å². The zero-order chi connectivity index (χ0) is 17.8. The number of benzene rings is 1. The Balaban J connectivity index is 0.00000243. The van der Waals surface area contributed by atoms with Crippen molar-refractivity contribution < 1.29 is 14.3 Å². The maximum absolute atomic E-state index is 12.5. The number of aromatic nitrogens is 2. The molecule has 1 aliphatic heterocycles. The van der Waals surface area contributed by atoms with E-state index < -0.39 is 6.10 Å². The third-order valence-electron chi connectivity index (χ3n) is 4.13. The summed E-state index contributed by atoms with van der Waals surface area (Å²) in [6.45, 7) is 3.16. The number of nitrogens with zero attached hydrogens (tertiary/aromatic N) is 1. The molecule has 4 N–H and O–H groups in total. The van der Waals surface area contributed by atoms with Gasteiger partial charge in [0.15, 0.2) is 5.69 Å². The molecule has 0 spiro atoms. The summed E-state index contributed by atoms with van der Waals surface area (Å²) in [5.41, 5.74) is 3.45. The maximum Gasteiger partial charge on any atom is 0.276 e. The van der Waals surface area contributed by atoms with E-state index in [1.54, 1.807) is 31.2 Å². The van der Waals surface area contributed by atoms with Gasteiger partial charge in [-0.1, -0.05) is 6.07 Å². The topological polar surface area (TPSA) is 108 Å². The van der Waals surface area contributed by atoms with Gasteiger partial charge in [0.2, 0.25) is 0 Å². The predicted molar refractivity (Wildman–Crippen MR) is 101 cm³/mol. The molecule has 26 heavy (non-hydrogen) atoms. The van der Waals surface area contributed by atoms with E-state index in [4.69, 9.17) is 4.74 Å². The lowest BCUT2D eigenvalue weighted by molar-refractivity contribution is -0.124. The van der Waals surface area contributed by atoms with E-state index in [1.807, 2.05) is 0 Å². The molecule has 0 saturated carbocycles. The van der Waals surface area contributed by atoms with Gasteiger partial charge < -0.3 is 20.7 Å². The molecule has 0 aliphatic carbocycles. The Morgan fingerprint density at radius 2 is 2.00 bits per heavy atom. The molecular formula is C17H22ClN5O3. The Hall–Kier alpha value is -2.42. The van der Waals surface area contributed by atoms with E-state index in [-0.39, 0.29) is 24.2 Å². The summed E-state index contributed by atoms with van der Waals surface area (Å²) in [6, 6.07) is 6.95. The summed E-state index contributed by atoms with van der Waals surface area (Å²) >= 11 is 0. The Labute approximate surface area is 157 Å². The van der Waals surface area contributed by atoms with Crippen LogP contribution < -0.4 is 16.0 Å². The van der Waals surface area contributed by atoms with Gasteiger partial charge in [-0.3, -0.25) is 14.7 Å². The number of carbonyl (C=O) groups is 2. The van der Waals surface area contributed by atoms with Crippen LogP contribution in [-0.2, 0) is 22.5 Å². The standard InChI is InChI=1S/C17H21N5O3.ClH/c1-10(25-2)16(23)19-11-4-3-5-12(8-11)20-17(24)15-13-9-18-7-6-14(13)21-22-15;/h3-5,8,10,18H,6-7,9H2,1-2H3,(H,19,23)(H,20,24)(H,21,22);1H. The van der Waals surface area contributed by atoms with E-state index in [2.05, 4.69) is 26.1 Å². The Morgan fingerprint density at radius 1 is 1.27 bits per heavy atom. The van der Waals surface area contributed by atoms with Crippen molar-refractivity contribution in [2.24, 2.45) is 0 Å². The van der Waals surface area contributed by atoms with E-state index in [0.29, 0.717) is 23.6 Å². The van der Waals surface area contributed by atoms with Gasteiger partial charge in [-0.2, -0.15) is 5.10 Å². The highest BCUT2D eigenvalue weighted by Gasteiger charge is 2.21. The Bertz CT molecular complexity index is 792. The molecule has 2 aromatic rings. The quantitative estimate of drug-likeness (QED) is 0.632. The molecule has 0 bridgehead atoms. The fraction of sp³-hybridized carbons (Fsp3) is 0.353. The second kappa shape index (κ2) is 8.79. The fourth-order valence-corrected chi connectivity index (χ4v) is 2.63. The number of carbonyl (C=O) groups excluding carboxylic acids is 2. The minimum Gasteiger partial charge on any atom is -0.372 e. The van der Waals surface area contributed by atoms with Crippen molar-refractivity contribution in [1.82, 2.24) is 15.5 Å². The van der Waals surface area contributed by atoms with Gasteiger partial charge in [-0.15, -0.1) is 12.4 Å². The van der Waals surface area contributed by atoms with Crippen molar-refractivity contribution >= 4 is 35.6 Å². The number of anilines is 2. The fourth-order valence-electron chi connectivity index (χ4n) is 2.63. The number of aromatic amines is 1. The van der Waals surface area contributed by atoms with Crippen LogP contribution in [0.15, 0.2) is 24.3 Å². The van der Waals surface area contributed by atoms with Crippen molar-refractivity contribution in [2.75, 3.05) is 24.3 Å². The molecule has 2 amide bonds. The van der Waals surface area contributed by atoms with Crippen molar-refractivity contribution in [3.05, 3.63) is 41.2 Å². The summed E-state index contributed by atoms with van der Waals surface area (Å²) in [7, 11) is 1.47. The first-order chi connectivity index (χ1) is 12.1. The highest BCUT2D eigenvalue weighted by Crippen LogP contribution is 2.19. The molecule has 1 aromatic carbocycles. The van der Waals surface area contributed by atoms with Crippen LogP contribution >= 0.6 is 12.4 Å². The van der Waals surface area contributed by atoms with Gasteiger partial charge in [0, 0.05) is 49.3 Å². The van der Waals surface area contributed by atoms with Crippen LogP contribution in [0.3, 0.4) is 0 Å². The van der Waals surface area contributed by atoms with Crippen molar-refractivity contribution in [3.8, 4) is 0 Å². The number of ether oxygens (including phenoxy) is 1. The van der Waals surface area contributed by atoms with Crippen LogP contribution in [0.4, 0.5) is 11.4 Å². The molecule has 1 aliphatic rings. The highest BCUT2D eigenvalue weighted by molar-refractivity contribution is 6.04. The first kappa shape index (κ1) is 19.9. The first-order valence-corrected chi connectivity index (χ1v) is 8.10. The summed E-state index contributed by atoms with van der Waals surface area (Å²) in [5, 5.41) is 15.9. The molecular weight excluding hydrogens is 358 g/mol. The first-order valence-electron chi connectivity index (χ1n) is 8.10. The third kappa shape index (κ3) is 4.40. The molecule has 3 rings (SSSR count). The van der Waals surface area contributed by atoms with E-state index in [9.17, 15) is 9.59 Å². The number of rotatable bonds is 5. The number of nitrogens with one attached hydrogen (secondary N) is 4. The zero-order valence-corrected chi connectivity index (χ0v) is 15.4. The van der Waals surface area contributed by atoms with Crippen molar-refractivity contribution in [3.63, 3.8) is 0 Å². The molecule has 0 saturated heterocycles. The largest absolute Gasteiger partial charge is 0.372 e. The van der Waals surface area contributed by atoms with Gasteiger partial charge in [-0.25, -0.2) is 0 Å². The number of halogens is 1. The number of amides is 2. The third-order valence-corrected chi connectivity index (χ3v) is 4.13. The van der Waals surface area contributed by atoms with Crippen LogP contribution in [0.25, 0.3) is 0 Å². The van der Waals surface area contributed by atoms with Crippen LogP contribution in [0.1, 0.15) is 28.7 Å². The minimum atomic E-state index is -0.554. The van der Waals surface area contributed by atoms with E-state index in [0.717, 1.165) is 24.2 Å². The molecule has 1 aromatic heterocycles. The molecule has 8 nitrogen and oxygen atoms in total. The molecule has 2 heterocycles. The maximum atomic E-state index is 12.5. The lowest BCUT2D eigenvalue weighted by atomic mass is 10.1. The molecule has 0 radical (unpaired) electrons. The second-order valence-electron chi connectivity index (χ2n) is 5.86. The monoisotopic (exact) mass is 379 g/mol. The van der Waals surface area contributed by atoms with Crippen LogP contribution in [0.2, 0.25) is 0 Å². The van der Waals surface area contributed by atoms with Crippen molar-refractivity contribution in [2.45, 2.75) is 26.0 Å². The average molecular weight is 380 g/mol. The molecule has 1 unspecified atom stereocenters. The lowest BCUT2D eigenvalue weighted by Gasteiger charge is -2.13. The number of H-pyrrole nitrogens is 1. The summed E-state index contributed by atoms with van der Waals surface area (Å²) < 4.78 is 4.98. The van der Waals surface area contributed by atoms with Gasteiger partial charge >= 0.3 is 0 Å². The highest BCUT2D eigenvalue weighted by atomic mass is 35.5. The number of fused-ring (bicyclic) bond motifs is 1. The molecule has 140 valence electrons. The van der Waals surface area contributed by atoms with Gasteiger partial charge in [0.1, 0.15) is 6.10 Å². The molecule has 9 heteroatoms. The number of methoxy groups -OCH3 is 1. The molecule has 0 fully saturated rings. The van der Waals surface area contributed by atoms with E-state index in [1.165, 1.54) is 7.11 Å². The second-order valence-corrected chi connectivity index (χ2v) is 5.86. The smallest absolute Gasteiger partial charge is 0.276 e. The van der Waals surface area contributed by atoms with E-state index >= 15 is 0 Å². The normalized spacial score (nSPS) is 13.9. The zero-order valence-electron chi connectivity index (χ0n) is 14.6. The van der Waals surface area contributed by atoms with Gasteiger partial charge in [0.05, 0.1) is 0 Å². The Kier molecular flexibility index (Phi) is 6.73. The minimum absolute atomic E-state index is 0.